The molecule has 0 bridgehead atoms. The van der Waals surface area contributed by atoms with Crippen LogP contribution in [0.25, 0.3) is 22.4 Å². The van der Waals surface area contributed by atoms with Crippen molar-refractivity contribution in [2.24, 2.45) is 0 Å². The van der Waals surface area contributed by atoms with Crippen LogP contribution in [0.5, 0.6) is 0 Å². The number of hydrogen-bond acceptors (Lipinski definition) is 6. The molecular weight excluding hydrogens is 206 g/mol. The molecule has 0 saturated carbocycles. The Balaban J connectivity index is 2.34. The van der Waals surface area contributed by atoms with Gasteiger partial charge in [-0.2, -0.15) is 10.1 Å². The van der Waals surface area contributed by atoms with Crippen molar-refractivity contribution in [3.63, 3.8) is 0 Å². The van der Waals surface area contributed by atoms with Crippen LogP contribution >= 0.6 is 0 Å². The fourth-order valence-electron chi connectivity index (χ4n) is 1.47. The first kappa shape index (κ1) is 8.72. The molecule has 0 aromatic carbocycles. The highest BCUT2D eigenvalue weighted by molar-refractivity contribution is 5.89. The maximum absolute atomic E-state index is 5.60. The van der Waals surface area contributed by atoms with Gasteiger partial charge in [0.2, 0.25) is 5.95 Å². The van der Waals surface area contributed by atoms with Crippen LogP contribution in [-0.2, 0) is 0 Å². The molecule has 0 saturated heterocycles. The molecule has 0 aliphatic heterocycles. The highest BCUT2D eigenvalue weighted by Crippen LogP contribution is 2.22. The molecule has 0 spiro atoms. The molecule has 0 atom stereocenters. The summed E-state index contributed by atoms with van der Waals surface area (Å²) in [6.45, 7) is 0. The maximum Gasteiger partial charge on any atom is 0.222 e. The largest absolute Gasteiger partial charge is 0.368 e. The van der Waals surface area contributed by atoms with E-state index in [1.165, 1.54) is 0 Å². The molecule has 3 rings (SSSR count). The van der Waals surface area contributed by atoms with Crippen molar-refractivity contribution in [3.8, 4) is 11.4 Å². The van der Waals surface area contributed by atoms with Crippen LogP contribution in [0.15, 0.2) is 24.8 Å². The van der Waals surface area contributed by atoms with Gasteiger partial charge in [-0.25, -0.2) is 4.98 Å². The summed E-state index contributed by atoms with van der Waals surface area (Å²) in [5.41, 5.74) is 7.46. The maximum atomic E-state index is 5.60. The lowest BCUT2D eigenvalue weighted by atomic mass is 10.2. The number of aromatic amines is 1. The van der Waals surface area contributed by atoms with E-state index in [0.717, 1.165) is 5.39 Å². The van der Waals surface area contributed by atoms with Crippen molar-refractivity contribution in [1.29, 1.82) is 0 Å². The Bertz CT molecular complexity index is 631. The van der Waals surface area contributed by atoms with Gasteiger partial charge in [0, 0.05) is 12.4 Å². The minimum Gasteiger partial charge on any atom is -0.368 e. The number of nitrogen functional groups attached to an aromatic ring is 1. The number of anilines is 1. The molecule has 3 aromatic heterocycles. The quantitative estimate of drug-likeness (QED) is 0.605. The van der Waals surface area contributed by atoms with Gasteiger partial charge in [-0.1, -0.05) is 0 Å². The molecule has 16 heavy (non-hydrogen) atoms. The van der Waals surface area contributed by atoms with Gasteiger partial charge in [0.15, 0.2) is 5.65 Å². The van der Waals surface area contributed by atoms with Gasteiger partial charge in [0.25, 0.3) is 0 Å². The molecule has 0 unspecified atom stereocenters. The number of rotatable bonds is 1. The predicted molar refractivity (Wildman–Crippen MR) is 57.1 cm³/mol. The summed E-state index contributed by atoms with van der Waals surface area (Å²) < 4.78 is 0. The Labute approximate surface area is 89.8 Å². The average Bonchev–Trinajstić information content (AvgIpc) is 2.77. The zero-order valence-corrected chi connectivity index (χ0v) is 8.12. The van der Waals surface area contributed by atoms with Crippen molar-refractivity contribution in [2.75, 3.05) is 5.73 Å². The van der Waals surface area contributed by atoms with Crippen molar-refractivity contribution in [2.45, 2.75) is 0 Å². The molecule has 3 N–H and O–H groups in total. The monoisotopic (exact) mass is 213 g/mol. The smallest absolute Gasteiger partial charge is 0.222 e. The molecule has 78 valence electrons. The lowest BCUT2D eigenvalue weighted by molar-refractivity contribution is 1.09. The zero-order valence-electron chi connectivity index (χ0n) is 8.12. The topological polar surface area (TPSA) is 106 Å². The second-order valence-electron chi connectivity index (χ2n) is 3.15. The standard InChI is InChI=1S/C9H7N7/c10-9-14-7(6-4-11-1-2-12-6)5-3-13-16-8(5)15-9/h1-4H,(H3,10,13,14,15,16). The summed E-state index contributed by atoms with van der Waals surface area (Å²) in [6.07, 6.45) is 6.45. The van der Waals surface area contributed by atoms with Gasteiger partial charge in [-0.05, 0) is 0 Å². The number of fused-ring (bicyclic) bond motifs is 1. The third kappa shape index (κ3) is 1.26. The van der Waals surface area contributed by atoms with Crippen LogP contribution in [-0.4, -0.2) is 30.1 Å². The molecule has 0 amide bonds. The van der Waals surface area contributed by atoms with Crippen LogP contribution in [0.3, 0.4) is 0 Å². The number of nitrogens with zero attached hydrogens (tertiary/aromatic N) is 5. The van der Waals surface area contributed by atoms with Crippen molar-refractivity contribution in [1.82, 2.24) is 30.1 Å². The fraction of sp³-hybridized carbons (Fsp3) is 0. The van der Waals surface area contributed by atoms with Gasteiger partial charge in [-0.15, -0.1) is 0 Å². The lowest BCUT2D eigenvalue weighted by Gasteiger charge is -2.01. The molecular formula is C9H7N7. The molecule has 0 aliphatic carbocycles. The van der Waals surface area contributed by atoms with Crippen LogP contribution in [0.1, 0.15) is 0 Å². The molecule has 3 heterocycles. The molecule has 3 aromatic rings. The first-order valence-corrected chi connectivity index (χ1v) is 4.57. The zero-order chi connectivity index (χ0) is 11.0. The number of nitrogens with one attached hydrogen (secondary N) is 1. The van der Waals surface area contributed by atoms with Gasteiger partial charge in [0.05, 0.1) is 17.8 Å². The van der Waals surface area contributed by atoms with E-state index in [4.69, 9.17) is 5.73 Å². The summed E-state index contributed by atoms with van der Waals surface area (Å²) in [5, 5.41) is 7.41. The van der Waals surface area contributed by atoms with Crippen LogP contribution in [0, 0.1) is 0 Å². The van der Waals surface area contributed by atoms with Gasteiger partial charge in [0.1, 0.15) is 11.4 Å². The molecule has 0 fully saturated rings. The Morgan fingerprint density at radius 1 is 1.12 bits per heavy atom. The van der Waals surface area contributed by atoms with E-state index in [9.17, 15) is 0 Å². The number of aromatic nitrogens is 6. The van der Waals surface area contributed by atoms with E-state index in [0.29, 0.717) is 17.0 Å². The highest BCUT2D eigenvalue weighted by atomic mass is 15.2. The molecule has 0 aliphatic rings. The van der Waals surface area contributed by atoms with Crippen LogP contribution < -0.4 is 5.73 Å². The summed E-state index contributed by atoms with van der Waals surface area (Å²) in [5.74, 6) is 0.178. The SMILES string of the molecule is Nc1nc(-c2cnccn2)c2cn[nH]c2n1. The van der Waals surface area contributed by atoms with E-state index in [1.807, 2.05) is 0 Å². The van der Waals surface area contributed by atoms with E-state index in [2.05, 4.69) is 30.1 Å². The third-order valence-electron chi connectivity index (χ3n) is 2.13. The first-order valence-electron chi connectivity index (χ1n) is 4.57. The second kappa shape index (κ2) is 3.23. The molecule has 0 radical (unpaired) electrons. The minimum absolute atomic E-state index is 0.178. The lowest BCUT2D eigenvalue weighted by Crippen LogP contribution is -1.98. The Hall–Kier alpha value is -2.57. The van der Waals surface area contributed by atoms with Crippen LogP contribution in [0.2, 0.25) is 0 Å². The summed E-state index contributed by atoms with van der Waals surface area (Å²) in [6, 6.07) is 0. The third-order valence-corrected chi connectivity index (χ3v) is 2.13. The number of nitrogens with two attached hydrogens (primary N) is 1. The van der Waals surface area contributed by atoms with Crippen LogP contribution in [0.4, 0.5) is 5.95 Å². The van der Waals surface area contributed by atoms with Gasteiger partial charge < -0.3 is 5.73 Å². The number of hydrogen-bond donors (Lipinski definition) is 2. The second-order valence-corrected chi connectivity index (χ2v) is 3.15. The Morgan fingerprint density at radius 2 is 2.06 bits per heavy atom. The summed E-state index contributed by atoms with van der Waals surface area (Å²) in [7, 11) is 0. The average molecular weight is 213 g/mol. The van der Waals surface area contributed by atoms with Gasteiger partial charge >= 0.3 is 0 Å². The Morgan fingerprint density at radius 3 is 2.88 bits per heavy atom. The van der Waals surface area contributed by atoms with E-state index >= 15 is 0 Å². The minimum atomic E-state index is 0.178. The van der Waals surface area contributed by atoms with Crippen molar-refractivity contribution in [3.05, 3.63) is 24.8 Å². The fourth-order valence-corrected chi connectivity index (χ4v) is 1.47. The first-order chi connectivity index (χ1) is 7.84. The summed E-state index contributed by atoms with van der Waals surface area (Å²) in [4.78, 5) is 16.3. The highest BCUT2D eigenvalue weighted by Gasteiger charge is 2.10. The normalized spacial score (nSPS) is 10.8. The van der Waals surface area contributed by atoms with E-state index in [-0.39, 0.29) is 5.95 Å². The molecule has 7 nitrogen and oxygen atoms in total. The Kier molecular flexibility index (Phi) is 1.76. The van der Waals surface area contributed by atoms with Crippen molar-refractivity contribution < 1.29 is 0 Å². The number of H-pyrrole nitrogens is 1. The predicted octanol–water partition coefficient (Wildman–Crippen LogP) is 0.392. The van der Waals surface area contributed by atoms with Gasteiger partial charge in [-0.3, -0.25) is 15.1 Å². The molecule has 7 heteroatoms. The van der Waals surface area contributed by atoms with E-state index in [1.54, 1.807) is 24.8 Å². The summed E-state index contributed by atoms with van der Waals surface area (Å²) >= 11 is 0. The van der Waals surface area contributed by atoms with Crippen molar-refractivity contribution >= 4 is 17.0 Å². The van der Waals surface area contributed by atoms with E-state index < -0.39 is 0 Å².